The highest BCUT2D eigenvalue weighted by atomic mass is 16.5. The zero-order valence-electron chi connectivity index (χ0n) is 14.2. The Bertz CT molecular complexity index is 524. The van der Waals surface area contributed by atoms with E-state index in [0.717, 1.165) is 17.5 Å². The van der Waals surface area contributed by atoms with Gasteiger partial charge in [-0.25, -0.2) is 0 Å². The average molecular weight is 320 g/mol. The minimum absolute atomic E-state index is 0.114. The molecule has 128 valence electrons. The van der Waals surface area contributed by atoms with Gasteiger partial charge in [0.2, 0.25) is 5.91 Å². The molecule has 2 fully saturated rings. The highest BCUT2D eigenvalue weighted by Gasteiger charge is 2.24. The first kappa shape index (κ1) is 16.3. The standard InChI is InChI=1S/C17H28N4O2/c1-13-3-4-15(9-14(13)2)19-16-10-18-21(11-16)12-17(22)20-5-7-23-8-6-20/h10-11,13-15,19H,3-9,12H2,1-2H3/t13-,14-,15+/m1/s1. The Labute approximate surface area is 138 Å². The van der Waals surface area contributed by atoms with Gasteiger partial charge in [0.05, 0.1) is 25.1 Å². The van der Waals surface area contributed by atoms with Crippen LogP contribution >= 0.6 is 0 Å². The van der Waals surface area contributed by atoms with Crippen LogP contribution < -0.4 is 5.32 Å². The first-order valence-electron chi connectivity index (χ1n) is 8.76. The third-order valence-corrected chi connectivity index (χ3v) is 5.26. The van der Waals surface area contributed by atoms with Crippen LogP contribution in [0.2, 0.25) is 0 Å². The second kappa shape index (κ2) is 7.34. The molecule has 1 N–H and O–H groups in total. The second-order valence-electron chi connectivity index (χ2n) is 7.03. The molecular weight excluding hydrogens is 292 g/mol. The summed E-state index contributed by atoms with van der Waals surface area (Å²) in [6.45, 7) is 7.62. The molecule has 23 heavy (non-hydrogen) atoms. The van der Waals surface area contributed by atoms with Crippen LogP contribution in [0, 0.1) is 11.8 Å². The molecule has 0 spiro atoms. The SMILES string of the molecule is C[C@@H]1CC[C@H](Nc2cnn(CC(=O)N3CCOCC3)c2)C[C@H]1C. The molecule has 1 aromatic heterocycles. The molecular formula is C17H28N4O2. The highest BCUT2D eigenvalue weighted by Crippen LogP contribution is 2.30. The molecule has 6 heteroatoms. The Morgan fingerprint density at radius 1 is 1.30 bits per heavy atom. The summed E-state index contributed by atoms with van der Waals surface area (Å²) in [5.74, 6) is 1.70. The summed E-state index contributed by atoms with van der Waals surface area (Å²) in [7, 11) is 0. The van der Waals surface area contributed by atoms with Gasteiger partial charge in [-0.15, -0.1) is 0 Å². The Kier molecular flexibility index (Phi) is 5.20. The number of morpholine rings is 1. The van der Waals surface area contributed by atoms with Gasteiger partial charge >= 0.3 is 0 Å². The molecule has 0 aromatic carbocycles. The number of carbonyl (C=O) groups is 1. The maximum absolute atomic E-state index is 12.2. The fourth-order valence-corrected chi connectivity index (χ4v) is 3.49. The van der Waals surface area contributed by atoms with E-state index in [1.165, 1.54) is 19.3 Å². The second-order valence-corrected chi connectivity index (χ2v) is 7.03. The molecule has 0 bridgehead atoms. The van der Waals surface area contributed by atoms with Crippen molar-refractivity contribution in [3.8, 4) is 0 Å². The summed E-state index contributed by atoms with van der Waals surface area (Å²) in [5.41, 5.74) is 1.02. The number of amides is 1. The van der Waals surface area contributed by atoms with Gasteiger partial charge in [0.25, 0.3) is 0 Å². The molecule has 0 radical (unpaired) electrons. The van der Waals surface area contributed by atoms with E-state index in [4.69, 9.17) is 4.74 Å². The largest absolute Gasteiger partial charge is 0.380 e. The van der Waals surface area contributed by atoms with Gasteiger partial charge in [0, 0.05) is 25.3 Å². The van der Waals surface area contributed by atoms with Crippen LogP contribution in [0.15, 0.2) is 12.4 Å². The molecule has 1 saturated heterocycles. The summed E-state index contributed by atoms with van der Waals surface area (Å²) in [5, 5.41) is 7.90. The van der Waals surface area contributed by atoms with Crippen molar-refractivity contribution in [2.75, 3.05) is 31.6 Å². The number of hydrogen-bond acceptors (Lipinski definition) is 4. The topological polar surface area (TPSA) is 59.4 Å². The minimum atomic E-state index is 0.114. The van der Waals surface area contributed by atoms with Crippen LogP contribution in [-0.4, -0.2) is 52.9 Å². The zero-order valence-corrected chi connectivity index (χ0v) is 14.2. The molecule has 2 aliphatic rings. The van der Waals surface area contributed by atoms with Crippen molar-refractivity contribution in [1.82, 2.24) is 14.7 Å². The summed E-state index contributed by atoms with van der Waals surface area (Å²) in [4.78, 5) is 14.1. The van der Waals surface area contributed by atoms with E-state index in [0.29, 0.717) is 38.9 Å². The smallest absolute Gasteiger partial charge is 0.244 e. The van der Waals surface area contributed by atoms with Gasteiger partial charge < -0.3 is 15.0 Å². The predicted octanol–water partition coefficient (Wildman–Crippen LogP) is 1.98. The van der Waals surface area contributed by atoms with E-state index in [2.05, 4.69) is 24.3 Å². The van der Waals surface area contributed by atoms with E-state index in [9.17, 15) is 4.79 Å². The summed E-state index contributed by atoms with van der Waals surface area (Å²) >= 11 is 0. The Balaban J connectivity index is 1.50. The average Bonchev–Trinajstić information content (AvgIpc) is 2.99. The Morgan fingerprint density at radius 3 is 2.83 bits per heavy atom. The van der Waals surface area contributed by atoms with Crippen LogP contribution in [-0.2, 0) is 16.1 Å². The lowest BCUT2D eigenvalue weighted by atomic mass is 9.79. The van der Waals surface area contributed by atoms with Crippen molar-refractivity contribution in [1.29, 1.82) is 0 Å². The predicted molar refractivity (Wildman–Crippen MR) is 89.2 cm³/mol. The van der Waals surface area contributed by atoms with Gasteiger partial charge in [-0.2, -0.15) is 5.10 Å². The van der Waals surface area contributed by atoms with Crippen molar-refractivity contribution >= 4 is 11.6 Å². The van der Waals surface area contributed by atoms with Crippen LogP contribution in [0.5, 0.6) is 0 Å². The molecule has 0 unspecified atom stereocenters. The quantitative estimate of drug-likeness (QED) is 0.921. The fraction of sp³-hybridized carbons (Fsp3) is 0.765. The number of nitrogens with zero attached hydrogens (tertiary/aromatic N) is 3. The highest BCUT2D eigenvalue weighted by molar-refractivity contribution is 5.76. The molecule has 3 atom stereocenters. The number of carbonyl (C=O) groups excluding carboxylic acids is 1. The van der Waals surface area contributed by atoms with E-state index < -0.39 is 0 Å². The molecule has 1 aromatic rings. The summed E-state index contributed by atoms with van der Waals surface area (Å²) in [6.07, 6.45) is 7.47. The lowest BCUT2D eigenvalue weighted by Gasteiger charge is -2.32. The Hall–Kier alpha value is -1.56. The first-order chi connectivity index (χ1) is 11.1. The molecule has 2 heterocycles. The number of hydrogen-bond donors (Lipinski definition) is 1. The van der Waals surface area contributed by atoms with Gasteiger partial charge in [0.1, 0.15) is 6.54 Å². The maximum atomic E-state index is 12.2. The van der Waals surface area contributed by atoms with E-state index in [1.807, 2.05) is 17.3 Å². The van der Waals surface area contributed by atoms with Crippen LogP contribution in [0.25, 0.3) is 0 Å². The first-order valence-corrected chi connectivity index (χ1v) is 8.76. The van der Waals surface area contributed by atoms with Gasteiger partial charge in [-0.05, 0) is 31.1 Å². The normalized spacial score (nSPS) is 28.6. The van der Waals surface area contributed by atoms with E-state index >= 15 is 0 Å². The van der Waals surface area contributed by atoms with Crippen molar-refractivity contribution < 1.29 is 9.53 Å². The van der Waals surface area contributed by atoms with E-state index in [-0.39, 0.29) is 5.91 Å². The van der Waals surface area contributed by atoms with Crippen molar-refractivity contribution in [3.63, 3.8) is 0 Å². The molecule has 6 nitrogen and oxygen atoms in total. The zero-order chi connectivity index (χ0) is 16.2. The number of anilines is 1. The summed E-state index contributed by atoms with van der Waals surface area (Å²) < 4.78 is 7.01. The monoisotopic (exact) mass is 320 g/mol. The summed E-state index contributed by atoms with van der Waals surface area (Å²) in [6, 6.07) is 0.522. The van der Waals surface area contributed by atoms with Crippen molar-refractivity contribution in [2.45, 2.75) is 45.7 Å². The van der Waals surface area contributed by atoms with Gasteiger partial charge in [-0.1, -0.05) is 13.8 Å². The number of rotatable bonds is 4. The van der Waals surface area contributed by atoms with Gasteiger partial charge in [-0.3, -0.25) is 9.48 Å². The van der Waals surface area contributed by atoms with Crippen LogP contribution in [0.3, 0.4) is 0 Å². The molecule has 1 saturated carbocycles. The van der Waals surface area contributed by atoms with Crippen LogP contribution in [0.1, 0.15) is 33.1 Å². The molecule has 1 aliphatic carbocycles. The number of aromatic nitrogens is 2. The third-order valence-electron chi connectivity index (χ3n) is 5.26. The lowest BCUT2D eigenvalue weighted by molar-refractivity contribution is -0.136. The minimum Gasteiger partial charge on any atom is -0.380 e. The van der Waals surface area contributed by atoms with Gasteiger partial charge in [0.15, 0.2) is 0 Å². The molecule has 1 amide bonds. The number of nitrogens with one attached hydrogen (secondary N) is 1. The molecule has 1 aliphatic heterocycles. The van der Waals surface area contributed by atoms with E-state index in [1.54, 1.807) is 4.68 Å². The van der Waals surface area contributed by atoms with Crippen LogP contribution in [0.4, 0.5) is 5.69 Å². The van der Waals surface area contributed by atoms with Crippen molar-refractivity contribution in [3.05, 3.63) is 12.4 Å². The number of ether oxygens (including phenoxy) is 1. The Morgan fingerprint density at radius 2 is 2.09 bits per heavy atom. The molecule has 3 rings (SSSR count). The fourth-order valence-electron chi connectivity index (χ4n) is 3.49. The lowest BCUT2D eigenvalue weighted by Crippen LogP contribution is -2.42. The third kappa shape index (κ3) is 4.25. The maximum Gasteiger partial charge on any atom is 0.244 e. The van der Waals surface area contributed by atoms with Crippen molar-refractivity contribution in [2.24, 2.45) is 11.8 Å².